The minimum absolute atomic E-state index is 0.250. The number of rotatable bonds is 2. The quantitative estimate of drug-likeness (QED) is 0.677. The third-order valence-corrected chi connectivity index (χ3v) is 3.61. The fourth-order valence-corrected chi connectivity index (χ4v) is 2.44. The maximum absolute atomic E-state index is 13.9. The predicted octanol–water partition coefficient (Wildman–Crippen LogP) is 4.66. The Balaban J connectivity index is 2.17. The first-order chi connectivity index (χ1) is 10.1. The van der Waals surface area contributed by atoms with Gasteiger partial charge in [-0.1, -0.05) is 17.7 Å². The molecule has 0 aliphatic heterocycles. The van der Waals surface area contributed by atoms with Gasteiger partial charge in [0.15, 0.2) is 0 Å². The molecule has 0 fully saturated rings. The van der Waals surface area contributed by atoms with E-state index in [4.69, 9.17) is 17.3 Å². The molecule has 3 N–H and O–H groups in total. The number of aryl methyl sites for hydroxylation is 1. The number of hydrogen-bond acceptors (Lipinski definition) is 3. The van der Waals surface area contributed by atoms with Gasteiger partial charge in [0, 0.05) is 34.0 Å². The first-order valence-electron chi connectivity index (χ1n) is 6.42. The molecule has 1 heterocycles. The third kappa shape index (κ3) is 2.50. The zero-order valence-corrected chi connectivity index (χ0v) is 12.1. The lowest BCUT2D eigenvalue weighted by atomic mass is 10.1. The van der Waals surface area contributed by atoms with E-state index in [9.17, 15) is 4.39 Å². The Hall–Kier alpha value is -2.33. The van der Waals surface area contributed by atoms with Crippen molar-refractivity contribution in [3.05, 3.63) is 59.1 Å². The first kappa shape index (κ1) is 13.6. The van der Waals surface area contributed by atoms with Gasteiger partial charge in [-0.3, -0.25) is 4.98 Å². The number of nitrogens with zero attached hydrogens (tertiary/aromatic N) is 1. The molecule has 0 aliphatic rings. The summed E-state index contributed by atoms with van der Waals surface area (Å²) in [6.07, 6.45) is 1.72. The van der Waals surface area contributed by atoms with Crippen molar-refractivity contribution in [3.8, 4) is 0 Å². The Morgan fingerprint density at radius 3 is 2.76 bits per heavy atom. The molecule has 0 atom stereocenters. The molecule has 2 aromatic carbocycles. The van der Waals surface area contributed by atoms with Crippen LogP contribution in [0.1, 0.15) is 5.69 Å². The van der Waals surface area contributed by atoms with Crippen LogP contribution >= 0.6 is 11.6 Å². The maximum Gasteiger partial charge on any atom is 0.148 e. The van der Waals surface area contributed by atoms with E-state index in [0.717, 1.165) is 22.2 Å². The highest BCUT2D eigenvalue weighted by Crippen LogP contribution is 2.33. The summed E-state index contributed by atoms with van der Waals surface area (Å²) >= 11 is 6.05. The van der Waals surface area contributed by atoms with Crippen LogP contribution in [0, 0.1) is 12.7 Å². The summed E-state index contributed by atoms with van der Waals surface area (Å²) < 4.78 is 13.9. The lowest BCUT2D eigenvalue weighted by molar-refractivity contribution is 0.632. The van der Waals surface area contributed by atoms with Crippen molar-refractivity contribution >= 4 is 39.4 Å². The summed E-state index contributed by atoms with van der Waals surface area (Å²) in [5, 5.41) is 5.07. The average Bonchev–Trinajstić information content (AvgIpc) is 2.45. The smallest absolute Gasteiger partial charge is 0.148 e. The molecule has 3 nitrogen and oxygen atoms in total. The van der Waals surface area contributed by atoms with Crippen LogP contribution in [0.15, 0.2) is 42.6 Å². The molecule has 0 saturated heterocycles. The molecule has 0 spiro atoms. The van der Waals surface area contributed by atoms with Gasteiger partial charge in [-0.15, -0.1) is 0 Å². The van der Waals surface area contributed by atoms with Crippen molar-refractivity contribution in [2.45, 2.75) is 6.92 Å². The highest BCUT2D eigenvalue weighted by Gasteiger charge is 2.10. The van der Waals surface area contributed by atoms with Crippen LogP contribution in [0.25, 0.3) is 10.8 Å². The fourth-order valence-electron chi connectivity index (χ4n) is 2.23. The molecule has 3 aromatic rings. The third-order valence-electron chi connectivity index (χ3n) is 3.29. The van der Waals surface area contributed by atoms with Crippen molar-refractivity contribution in [1.82, 2.24) is 4.98 Å². The molecule has 0 saturated carbocycles. The molecule has 1 aromatic heterocycles. The van der Waals surface area contributed by atoms with Gasteiger partial charge in [0.05, 0.1) is 10.7 Å². The number of nitrogens with one attached hydrogen (secondary N) is 1. The van der Waals surface area contributed by atoms with E-state index >= 15 is 0 Å². The number of nitrogen functional groups attached to an aromatic ring is 1. The zero-order chi connectivity index (χ0) is 15.0. The van der Waals surface area contributed by atoms with Gasteiger partial charge in [-0.2, -0.15) is 0 Å². The minimum Gasteiger partial charge on any atom is -0.398 e. The largest absolute Gasteiger partial charge is 0.398 e. The molecule has 21 heavy (non-hydrogen) atoms. The number of para-hydroxylation sites is 1. The fraction of sp³-hybridized carbons (Fsp3) is 0.0625. The Morgan fingerprint density at radius 2 is 2.00 bits per heavy atom. The highest BCUT2D eigenvalue weighted by atomic mass is 35.5. The molecule has 0 amide bonds. The summed E-state index contributed by atoms with van der Waals surface area (Å²) in [6.45, 7) is 1.89. The van der Waals surface area contributed by atoms with E-state index in [1.807, 2.05) is 13.0 Å². The normalized spacial score (nSPS) is 10.8. The zero-order valence-electron chi connectivity index (χ0n) is 11.3. The number of benzene rings is 2. The van der Waals surface area contributed by atoms with Crippen molar-refractivity contribution in [2.24, 2.45) is 0 Å². The second-order valence-electron chi connectivity index (χ2n) is 4.80. The molecule has 5 heteroatoms. The van der Waals surface area contributed by atoms with E-state index in [2.05, 4.69) is 10.3 Å². The second kappa shape index (κ2) is 5.22. The SMILES string of the molecule is Cc1cc2c(Nc3c(F)cccc3Cl)ccc(N)c2cn1. The Kier molecular flexibility index (Phi) is 3.39. The van der Waals surface area contributed by atoms with Gasteiger partial charge < -0.3 is 11.1 Å². The molecule has 106 valence electrons. The van der Waals surface area contributed by atoms with Gasteiger partial charge in [0.1, 0.15) is 5.82 Å². The van der Waals surface area contributed by atoms with Crippen molar-refractivity contribution in [1.29, 1.82) is 0 Å². The van der Waals surface area contributed by atoms with Crippen LogP contribution in [-0.4, -0.2) is 4.98 Å². The van der Waals surface area contributed by atoms with Crippen molar-refractivity contribution < 1.29 is 4.39 Å². The van der Waals surface area contributed by atoms with Crippen molar-refractivity contribution in [2.75, 3.05) is 11.1 Å². The number of hydrogen-bond donors (Lipinski definition) is 2. The predicted molar refractivity (Wildman–Crippen MR) is 85.6 cm³/mol. The second-order valence-corrected chi connectivity index (χ2v) is 5.20. The van der Waals surface area contributed by atoms with Crippen LogP contribution in [0.5, 0.6) is 0 Å². The van der Waals surface area contributed by atoms with Crippen LogP contribution in [0.4, 0.5) is 21.5 Å². The molecule has 0 unspecified atom stereocenters. The van der Waals surface area contributed by atoms with Crippen LogP contribution in [0.3, 0.4) is 0 Å². The lowest BCUT2D eigenvalue weighted by Gasteiger charge is -2.13. The van der Waals surface area contributed by atoms with E-state index in [1.54, 1.807) is 30.5 Å². The van der Waals surface area contributed by atoms with E-state index in [-0.39, 0.29) is 5.69 Å². The Morgan fingerprint density at radius 1 is 1.19 bits per heavy atom. The Bertz CT molecular complexity index is 813. The summed E-state index contributed by atoms with van der Waals surface area (Å²) in [6, 6.07) is 10.0. The van der Waals surface area contributed by atoms with Gasteiger partial charge >= 0.3 is 0 Å². The number of nitrogens with two attached hydrogens (primary N) is 1. The van der Waals surface area contributed by atoms with Crippen LogP contribution in [0.2, 0.25) is 5.02 Å². The Labute approximate surface area is 126 Å². The number of fused-ring (bicyclic) bond motifs is 1. The average molecular weight is 302 g/mol. The topological polar surface area (TPSA) is 50.9 Å². The van der Waals surface area contributed by atoms with E-state index in [1.165, 1.54) is 6.07 Å². The summed E-state index contributed by atoms with van der Waals surface area (Å²) in [4.78, 5) is 4.24. The monoisotopic (exact) mass is 301 g/mol. The number of anilines is 3. The molecule has 0 aliphatic carbocycles. The van der Waals surface area contributed by atoms with Gasteiger partial charge in [0.25, 0.3) is 0 Å². The standard InChI is InChI=1S/C16H13ClFN3/c1-9-7-10-11(8-20-9)14(19)5-6-15(10)21-16-12(17)3-2-4-13(16)18/h2-8,21H,19H2,1H3. The molecular formula is C16H13ClFN3. The molecular weight excluding hydrogens is 289 g/mol. The van der Waals surface area contributed by atoms with Gasteiger partial charge in [-0.05, 0) is 37.3 Å². The van der Waals surface area contributed by atoms with Gasteiger partial charge in [-0.25, -0.2) is 4.39 Å². The number of halogens is 2. The summed E-state index contributed by atoms with van der Waals surface area (Å²) in [5.74, 6) is -0.404. The number of pyridine rings is 1. The first-order valence-corrected chi connectivity index (χ1v) is 6.80. The highest BCUT2D eigenvalue weighted by molar-refractivity contribution is 6.33. The lowest BCUT2D eigenvalue weighted by Crippen LogP contribution is -1.98. The maximum atomic E-state index is 13.9. The van der Waals surface area contributed by atoms with E-state index < -0.39 is 5.82 Å². The van der Waals surface area contributed by atoms with Crippen LogP contribution in [-0.2, 0) is 0 Å². The number of aromatic nitrogens is 1. The minimum atomic E-state index is -0.404. The van der Waals surface area contributed by atoms with Gasteiger partial charge in [0.2, 0.25) is 0 Å². The van der Waals surface area contributed by atoms with Crippen molar-refractivity contribution in [3.63, 3.8) is 0 Å². The molecule has 0 radical (unpaired) electrons. The molecule has 0 bridgehead atoms. The molecule has 3 rings (SSSR count). The summed E-state index contributed by atoms with van der Waals surface area (Å²) in [5.41, 5.74) is 8.43. The van der Waals surface area contributed by atoms with E-state index in [0.29, 0.717) is 10.7 Å². The summed E-state index contributed by atoms with van der Waals surface area (Å²) in [7, 11) is 0. The van der Waals surface area contributed by atoms with Crippen LogP contribution < -0.4 is 11.1 Å².